The highest BCUT2D eigenvalue weighted by Gasteiger charge is 2.08. The van der Waals surface area contributed by atoms with Gasteiger partial charge in [0.15, 0.2) is 0 Å². The summed E-state index contributed by atoms with van der Waals surface area (Å²) in [6.07, 6.45) is 4.94. The van der Waals surface area contributed by atoms with E-state index >= 15 is 0 Å². The predicted molar refractivity (Wildman–Crippen MR) is 89.7 cm³/mol. The zero-order valence-electron chi connectivity index (χ0n) is 12.2. The Hall–Kier alpha value is -1.85. The van der Waals surface area contributed by atoms with E-state index in [2.05, 4.69) is 10.3 Å². The minimum Gasteiger partial charge on any atom is -0.355 e. The van der Waals surface area contributed by atoms with Gasteiger partial charge in [-0.25, -0.2) is 4.98 Å². The number of carbonyl (C=O) groups excluding carboxylic acids is 1. The van der Waals surface area contributed by atoms with Crippen LogP contribution >= 0.6 is 22.9 Å². The first-order valence-corrected chi connectivity index (χ1v) is 8.25. The molecular weight excluding hydrogens is 318 g/mol. The lowest BCUT2D eigenvalue weighted by Crippen LogP contribution is -2.27. The topological polar surface area (TPSA) is 46.4 Å². The lowest BCUT2D eigenvalue weighted by Gasteiger charge is -2.02. The van der Waals surface area contributed by atoms with Crippen LogP contribution in [0, 0.1) is 6.92 Å². The number of halogens is 1. The molecule has 3 aromatic rings. The number of nitrogens with one attached hydrogen (secondary N) is 1. The average molecular weight is 334 g/mol. The van der Waals surface area contributed by atoms with Crippen molar-refractivity contribution >= 4 is 34.5 Å². The summed E-state index contributed by atoms with van der Waals surface area (Å²) in [7, 11) is 0. The summed E-state index contributed by atoms with van der Waals surface area (Å²) < 4.78 is 2.73. The molecule has 1 amide bonds. The molecule has 0 saturated heterocycles. The molecule has 114 valence electrons. The van der Waals surface area contributed by atoms with Crippen LogP contribution < -0.4 is 5.32 Å². The molecule has 0 aliphatic rings. The number of amides is 1. The van der Waals surface area contributed by atoms with E-state index < -0.39 is 0 Å². The van der Waals surface area contributed by atoms with E-state index in [0.29, 0.717) is 13.0 Å². The molecule has 22 heavy (non-hydrogen) atoms. The lowest BCUT2D eigenvalue weighted by molar-refractivity contribution is -0.120. The highest BCUT2D eigenvalue weighted by molar-refractivity contribution is 7.16. The number of nitrogens with zero attached hydrogens (tertiary/aromatic N) is 2. The van der Waals surface area contributed by atoms with Gasteiger partial charge in [-0.3, -0.25) is 4.79 Å². The summed E-state index contributed by atoms with van der Waals surface area (Å²) in [6, 6.07) is 7.85. The van der Waals surface area contributed by atoms with Gasteiger partial charge in [-0.05, 0) is 37.1 Å². The van der Waals surface area contributed by atoms with Crippen LogP contribution in [-0.4, -0.2) is 21.8 Å². The molecule has 1 N–H and O–H groups in total. The zero-order chi connectivity index (χ0) is 15.5. The van der Waals surface area contributed by atoms with Crippen molar-refractivity contribution in [1.82, 2.24) is 14.7 Å². The molecule has 0 aromatic carbocycles. The van der Waals surface area contributed by atoms with Crippen LogP contribution in [-0.2, 0) is 17.6 Å². The Morgan fingerprint density at radius 3 is 3.00 bits per heavy atom. The van der Waals surface area contributed by atoms with Crippen molar-refractivity contribution in [3.63, 3.8) is 0 Å². The molecule has 0 aliphatic carbocycles. The first kappa shape index (κ1) is 15.1. The smallest absolute Gasteiger partial charge is 0.226 e. The highest BCUT2D eigenvalue weighted by atomic mass is 35.5. The summed E-state index contributed by atoms with van der Waals surface area (Å²) >= 11 is 7.43. The molecule has 3 rings (SSSR count). The second-order valence-corrected chi connectivity index (χ2v) is 6.94. The molecule has 0 aliphatic heterocycles. The maximum Gasteiger partial charge on any atom is 0.226 e. The fourth-order valence-corrected chi connectivity index (χ4v) is 3.41. The predicted octanol–water partition coefficient (Wildman–Crippen LogP) is 3.26. The van der Waals surface area contributed by atoms with Gasteiger partial charge in [0.1, 0.15) is 5.65 Å². The van der Waals surface area contributed by atoms with Gasteiger partial charge in [0, 0.05) is 23.8 Å². The minimum absolute atomic E-state index is 0.0105. The number of aromatic nitrogens is 2. The maximum absolute atomic E-state index is 12.0. The Labute approximate surface area is 137 Å². The lowest BCUT2D eigenvalue weighted by atomic mass is 10.3. The summed E-state index contributed by atoms with van der Waals surface area (Å²) in [5.41, 5.74) is 2.79. The van der Waals surface area contributed by atoms with E-state index in [-0.39, 0.29) is 5.91 Å². The molecule has 0 bridgehead atoms. The number of carbonyl (C=O) groups is 1. The monoisotopic (exact) mass is 333 g/mol. The van der Waals surface area contributed by atoms with Gasteiger partial charge in [-0.2, -0.15) is 0 Å². The number of hydrogen-bond acceptors (Lipinski definition) is 3. The molecule has 0 saturated carbocycles. The SMILES string of the molecule is Cc1cccn2cc(CC(=O)NCCc3ccc(Cl)s3)nc12. The first-order valence-electron chi connectivity index (χ1n) is 7.06. The van der Waals surface area contributed by atoms with Gasteiger partial charge in [-0.1, -0.05) is 17.7 Å². The summed E-state index contributed by atoms with van der Waals surface area (Å²) in [6.45, 7) is 2.63. The van der Waals surface area contributed by atoms with Crippen LogP contribution in [0.4, 0.5) is 0 Å². The van der Waals surface area contributed by atoms with Crippen molar-refractivity contribution in [2.75, 3.05) is 6.54 Å². The van der Waals surface area contributed by atoms with E-state index in [4.69, 9.17) is 11.6 Å². The number of pyridine rings is 1. The van der Waals surface area contributed by atoms with Gasteiger partial charge in [0.25, 0.3) is 0 Å². The average Bonchev–Trinajstić information content (AvgIpc) is 3.06. The molecule has 0 spiro atoms. The second-order valence-electron chi connectivity index (χ2n) is 5.14. The minimum atomic E-state index is -0.0105. The summed E-state index contributed by atoms with van der Waals surface area (Å²) in [5.74, 6) is -0.0105. The van der Waals surface area contributed by atoms with E-state index in [1.165, 1.54) is 4.88 Å². The molecule has 0 fully saturated rings. The molecule has 3 heterocycles. The third-order valence-electron chi connectivity index (χ3n) is 3.39. The zero-order valence-corrected chi connectivity index (χ0v) is 13.7. The van der Waals surface area contributed by atoms with Gasteiger partial charge in [0.05, 0.1) is 16.5 Å². The Balaban J connectivity index is 1.55. The van der Waals surface area contributed by atoms with Gasteiger partial charge < -0.3 is 9.72 Å². The molecule has 4 nitrogen and oxygen atoms in total. The van der Waals surface area contributed by atoms with E-state index in [1.807, 2.05) is 48.0 Å². The van der Waals surface area contributed by atoms with E-state index in [0.717, 1.165) is 27.7 Å². The molecule has 0 radical (unpaired) electrons. The van der Waals surface area contributed by atoms with Crippen molar-refractivity contribution in [2.24, 2.45) is 0 Å². The van der Waals surface area contributed by atoms with Crippen LogP contribution in [0.25, 0.3) is 5.65 Å². The van der Waals surface area contributed by atoms with Crippen molar-refractivity contribution in [1.29, 1.82) is 0 Å². The van der Waals surface area contributed by atoms with Gasteiger partial charge in [-0.15, -0.1) is 11.3 Å². The number of aryl methyl sites for hydroxylation is 1. The highest BCUT2D eigenvalue weighted by Crippen LogP contribution is 2.21. The van der Waals surface area contributed by atoms with Crippen LogP contribution in [0.15, 0.2) is 36.7 Å². The molecule has 0 unspecified atom stereocenters. The third kappa shape index (κ3) is 3.48. The quantitative estimate of drug-likeness (QED) is 0.779. The standard InChI is InChI=1S/C16H16ClN3OS/c1-11-3-2-8-20-10-12(19-16(11)20)9-15(21)18-7-6-13-4-5-14(17)22-13/h2-5,8,10H,6-7,9H2,1H3,(H,18,21). The molecular formula is C16H16ClN3OS. The fourth-order valence-electron chi connectivity index (χ4n) is 2.33. The Morgan fingerprint density at radius 1 is 1.41 bits per heavy atom. The largest absolute Gasteiger partial charge is 0.355 e. The number of rotatable bonds is 5. The third-order valence-corrected chi connectivity index (χ3v) is 4.68. The Morgan fingerprint density at radius 2 is 2.27 bits per heavy atom. The van der Waals surface area contributed by atoms with Crippen molar-refractivity contribution < 1.29 is 4.79 Å². The van der Waals surface area contributed by atoms with Crippen LogP contribution in [0.2, 0.25) is 4.34 Å². The van der Waals surface area contributed by atoms with E-state index in [1.54, 1.807) is 11.3 Å². The van der Waals surface area contributed by atoms with Gasteiger partial charge >= 0.3 is 0 Å². The molecule has 0 atom stereocenters. The van der Waals surface area contributed by atoms with Crippen LogP contribution in [0.3, 0.4) is 0 Å². The maximum atomic E-state index is 12.0. The first-order chi connectivity index (χ1) is 10.6. The van der Waals surface area contributed by atoms with Crippen molar-refractivity contribution in [2.45, 2.75) is 19.8 Å². The molecule has 6 heteroatoms. The van der Waals surface area contributed by atoms with Crippen molar-refractivity contribution in [3.8, 4) is 0 Å². The van der Waals surface area contributed by atoms with Crippen molar-refractivity contribution in [3.05, 3.63) is 57.1 Å². The second kappa shape index (κ2) is 6.50. The summed E-state index contributed by atoms with van der Waals surface area (Å²) in [5, 5.41) is 2.92. The summed E-state index contributed by atoms with van der Waals surface area (Å²) in [4.78, 5) is 17.7. The van der Waals surface area contributed by atoms with Crippen LogP contribution in [0.1, 0.15) is 16.1 Å². The number of hydrogen-bond donors (Lipinski definition) is 1. The Bertz CT molecular complexity index is 809. The van der Waals surface area contributed by atoms with Gasteiger partial charge in [0.2, 0.25) is 5.91 Å². The fraction of sp³-hybridized carbons (Fsp3) is 0.250. The number of fused-ring (bicyclic) bond motifs is 1. The number of imidazole rings is 1. The van der Waals surface area contributed by atoms with E-state index in [9.17, 15) is 4.79 Å². The number of thiophene rings is 1. The normalized spacial score (nSPS) is 11.0. The molecule has 3 aromatic heterocycles. The Kier molecular flexibility index (Phi) is 4.45. The van der Waals surface area contributed by atoms with Crippen LogP contribution in [0.5, 0.6) is 0 Å².